The van der Waals surface area contributed by atoms with Gasteiger partial charge in [0.05, 0.1) is 13.0 Å². The first-order valence-electron chi connectivity index (χ1n) is 6.23. The van der Waals surface area contributed by atoms with E-state index in [1.54, 1.807) is 4.90 Å². The third-order valence-electron chi connectivity index (χ3n) is 2.63. The molecule has 0 radical (unpaired) electrons. The topological polar surface area (TPSA) is 55.6 Å². The van der Waals surface area contributed by atoms with Crippen LogP contribution in [0.15, 0.2) is 0 Å². The summed E-state index contributed by atoms with van der Waals surface area (Å²) < 4.78 is 39.9. The van der Waals surface area contributed by atoms with E-state index < -0.39 is 12.8 Å². The van der Waals surface area contributed by atoms with Gasteiger partial charge in [-0.15, -0.1) is 0 Å². The van der Waals surface area contributed by atoms with Crippen molar-refractivity contribution in [3.63, 3.8) is 0 Å². The molecule has 0 heterocycles. The van der Waals surface area contributed by atoms with Crippen molar-refractivity contribution in [2.75, 3.05) is 32.8 Å². The Kier molecular flexibility index (Phi) is 7.36. The average Bonchev–Trinajstić information content (AvgIpc) is 2.30. The summed E-state index contributed by atoms with van der Waals surface area (Å²) in [5.74, 6) is -0.216. The number of carbonyl (C=O) groups excluding carboxylic acids is 1. The van der Waals surface area contributed by atoms with Crippen LogP contribution in [-0.4, -0.2) is 49.8 Å². The van der Waals surface area contributed by atoms with Gasteiger partial charge in [-0.1, -0.05) is 13.8 Å². The Bertz CT molecular complexity index is 281. The van der Waals surface area contributed by atoms with Crippen LogP contribution < -0.4 is 5.73 Å². The highest BCUT2D eigenvalue weighted by molar-refractivity contribution is 5.76. The maximum absolute atomic E-state index is 11.8. The number of nitrogens with zero attached hydrogens (tertiary/aromatic N) is 1. The summed E-state index contributed by atoms with van der Waals surface area (Å²) in [6.07, 6.45) is -4.40. The molecule has 0 rings (SSSR count). The molecule has 114 valence electrons. The van der Waals surface area contributed by atoms with Gasteiger partial charge in [0.2, 0.25) is 5.91 Å². The number of ether oxygens (including phenoxy) is 1. The smallest absolute Gasteiger partial charge is 0.372 e. The lowest BCUT2D eigenvalue weighted by Crippen LogP contribution is -2.42. The van der Waals surface area contributed by atoms with Crippen LogP contribution in [0, 0.1) is 5.41 Å². The fourth-order valence-electron chi connectivity index (χ4n) is 1.46. The van der Waals surface area contributed by atoms with Crippen LogP contribution in [-0.2, 0) is 9.53 Å². The van der Waals surface area contributed by atoms with Gasteiger partial charge in [-0.25, -0.2) is 0 Å². The van der Waals surface area contributed by atoms with Crippen molar-refractivity contribution in [3.8, 4) is 0 Å². The second kappa shape index (κ2) is 7.69. The molecule has 0 bridgehead atoms. The Morgan fingerprint density at radius 1 is 1.32 bits per heavy atom. The van der Waals surface area contributed by atoms with Crippen LogP contribution in [0.25, 0.3) is 0 Å². The highest BCUT2D eigenvalue weighted by Gasteiger charge is 2.28. The zero-order valence-corrected chi connectivity index (χ0v) is 11.7. The monoisotopic (exact) mass is 284 g/mol. The zero-order chi connectivity index (χ0) is 15.1. The molecule has 0 aliphatic carbocycles. The third kappa shape index (κ3) is 8.83. The molecular formula is C12H23F3N2O2. The van der Waals surface area contributed by atoms with Gasteiger partial charge in [-0.3, -0.25) is 4.79 Å². The summed E-state index contributed by atoms with van der Waals surface area (Å²) in [6.45, 7) is 5.56. The minimum atomic E-state index is -4.35. The Balaban J connectivity index is 4.09. The highest BCUT2D eigenvalue weighted by atomic mass is 19.4. The number of nitrogens with two attached hydrogens (primary N) is 1. The van der Waals surface area contributed by atoms with Crippen LogP contribution in [0.3, 0.4) is 0 Å². The van der Waals surface area contributed by atoms with Crippen molar-refractivity contribution in [3.05, 3.63) is 0 Å². The first-order valence-corrected chi connectivity index (χ1v) is 6.23. The molecule has 0 fully saturated rings. The molecule has 0 aliphatic rings. The predicted molar refractivity (Wildman–Crippen MR) is 66.6 cm³/mol. The minimum Gasteiger partial charge on any atom is -0.372 e. The maximum Gasteiger partial charge on any atom is 0.411 e. The molecule has 0 aromatic rings. The molecule has 4 nitrogen and oxygen atoms in total. The number of alkyl halides is 3. The van der Waals surface area contributed by atoms with Crippen molar-refractivity contribution in [2.24, 2.45) is 11.1 Å². The molecule has 7 heteroatoms. The molecule has 0 spiro atoms. The molecule has 0 unspecified atom stereocenters. The summed E-state index contributed by atoms with van der Waals surface area (Å²) >= 11 is 0. The molecule has 0 atom stereocenters. The van der Waals surface area contributed by atoms with Gasteiger partial charge < -0.3 is 15.4 Å². The fourth-order valence-corrected chi connectivity index (χ4v) is 1.46. The van der Waals surface area contributed by atoms with Gasteiger partial charge in [-0.05, 0) is 18.9 Å². The van der Waals surface area contributed by atoms with E-state index in [2.05, 4.69) is 4.74 Å². The van der Waals surface area contributed by atoms with E-state index in [1.807, 2.05) is 20.8 Å². The predicted octanol–water partition coefficient (Wildman–Crippen LogP) is 1.79. The summed E-state index contributed by atoms with van der Waals surface area (Å²) in [6, 6.07) is 0. The average molecular weight is 284 g/mol. The van der Waals surface area contributed by atoms with E-state index >= 15 is 0 Å². The van der Waals surface area contributed by atoms with Gasteiger partial charge in [0, 0.05) is 13.1 Å². The number of rotatable bonds is 8. The molecule has 1 amide bonds. The van der Waals surface area contributed by atoms with Crippen LogP contribution in [0.5, 0.6) is 0 Å². The Morgan fingerprint density at radius 3 is 2.32 bits per heavy atom. The quantitative estimate of drug-likeness (QED) is 0.691. The Morgan fingerprint density at radius 2 is 1.89 bits per heavy atom. The van der Waals surface area contributed by atoms with Crippen LogP contribution in [0.4, 0.5) is 13.2 Å². The van der Waals surface area contributed by atoms with Crippen molar-refractivity contribution >= 4 is 5.91 Å². The van der Waals surface area contributed by atoms with E-state index in [-0.39, 0.29) is 24.3 Å². The Hall–Kier alpha value is -0.820. The molecule has 0 saturated heterocycles. The third-order valence-corrected chi connectivity index (χ3v) is 2.63. The standard InChI is InChI=1S/C12H23F3N2O2/c1-4-17(8-11(2,3)7-16)10(18)5-6-19-9-12(13,14)15/h4-9,16H2,1-3H3. The van der Waals surface area contributed by atoms with E-state index in [1.165, 1.54) is 0 Å². The van der Waals surface area contributed by atoms with Crippen LogP contribution >= 0.6 is 0 Å². The summed E-state index contributed by atoms with van der Waals surface area (Å²) in [5, 5.41) is 0. The molecule has 19 heavy (non-hydrogen) atoms. The number of hydrogen-bond acceptors (Lipinski definition) is 3. The first-order chi connectivity index (χ1) is 8.61. The van der Waals surface area contributed by atoms with Gasteiger partial charge in [0.1, 0.15) is 6.61 Å². The lowest BCUT2D eigenvalue weighted by Gasteiger charge is -2.31. The Labute approximate surface area is 112 Å². The largest absolute Gasteiger partial charge is 0.411 e. The van der Waals surface area contributed by atoms with Gasteiger partial charge in [0.15, 0.2) is 0 Å². The maximum atomic E-state index is 11.8. The van der Waals surface area contributed by atoms with E-state index in [9.17, 15) is 18.0 Å². The van der Waals surface area contributed by atoms with Crippen molar-refractivity contribution in [1.29, 1.82) is 0 Å². The van der Waals surface area contributed by atoms with E-state index in [0.29, 0.717) is 19.6 Å². The van der Waals surface area contributed by atoms with Gasteiger partial charge in [0.25, 0.3) is 0 Å². The molecule has 0 saturated carbocycles. The molecular weight excluding hydrogens is 261 g/mol. The SMILES string of the molecule is CCN(CC(C)(C)CN)C(=O)CCOCC(F)(F)F. The van der Waals surface area contributed by atoms with Crippen LogP contribution in [0.1, 0.15) is 27.2 Å². The number of hydrogen-bond donors (Lipinski definition) is 1. The molecule has 0 aliphatic heterocycles. The number of carbonyl (C=O) groups is 1. The normalized spacial score (nSPS) is 12.6. The number of halogens is 3. The molecule has 0 aromatic carbocycles. The second-order valence-electron chi connectivity index (χ2n) is 5.19. The summed E-state index contributed by atoms with van der Waals surface area (Å²) in [4.78, 5) is 13.4. The van der Waals surface area contributed by atoms with Gasteiger partial charge >= 0.3 is 6.18 Å². The summed E-state index contributed by atoms with van der Waals surface area (Å²) in [5.41, 5.74) is 5.38. The molecule has 2 N–H and O–H groups in total. The highest BCUT2D eigenvalue weighted by Crippen LogP contribution is 2.16. The van der Waals surface area contributed by atoms with Crippen molar-refractivity contribution in [1.82, 2.24) is 4.90 Å². The van der Waals surface area contributed by atoms with Crippen molar-refractivity contribution < 1.29 is 22.7 Å². The minimum absolute atomic E-state index is 0.0510. The van der Waals surface area contributed by atoms with Crippen molar-refractivity contribution in [2.45, 2.75) is 33.4 Å². The van der Waals surface area contributed by atoms with Gasteiger partial charge in [-0.2, -0.15) is 13.2 Å². The second-order valence-corrected chi connectivity index (χ2v) is 5.19. The number of amides is 1. The fraction of sp³-hybridized carbons (Fsp3) is 0.917. The van der Waals surface area contributed by atoms with Crippen LogP contribution in [0.2, 0.25) is 0 Å². The first kappa shape index (κ1) is 18.2. The zero-order valence-electron chi connectivity index (χ0n) is 11.7. The lowest BCUT2D eigenvalue weighted by atomic mass is 9.93. The van der Waals surface area contributed by atoms with E-state index in [0.717, 1.165) is 0 Å². The lowest BCUT2D eigenvalue weighted by molar-refractivity contribution is -0.175. The summed E-state index contributed by atoms with van der Waals surface area (Å²) in [7, 11) is 0. The van der Waals surface area contributed by atoms with E-state index in [4.69, 9.17) is 5.73 Å². The molecule has 0 aromatic heterocycles.